The molecule has 138 valence electrons. The minimum Gasteiger partial charge on any atom is -0.465 e. The van der Waals surface area contributed by atoms with Gasteiger partial charge in [0, 0.05) is 5.57 Å². The molecule has 0 heterocycles. The molecule has 0 aromatic heterocycles. The third-order valence-corrected chi connectivity index (χ3v) is 6.57. The summed E-state index contributed by atoms with van der Waals surface area (Å²) in [5.74, 6) is -0.838. The highest BCUT2D eigenvalue weighted by molar-refractivity contribution is 7.89. The van der Waals surface area contributed by atoms with Gasteiger partial charge >= 0.3 is 5.97 Å². The fourth-order valence-corrected chi connectivity index (χ4v) is 4.33. The van der Waals surface area contributed by atoms with E-state index in [1.165, 1.54) is 12.1 Å². The van der Waals surface area contributed by atoms with Gasteiger partial charge in [0.2, 0.25) is 10.0 Å². The highest BCUT2D eigenvalue weighted by Crippen LogP contribution is 2.17. The van der Waals surface area contributed by atoms with Crippen LogP contribution in [0.15, 0.2) is 41.3 Å². The minimum absolute atomic E-state index is 0.000603. The molecule has 0 amide bonds. The summed E-state index contributed by atoms with van der Waals surface area (Å²) in [6.07, 6.45) is 0. The van der Waals surface area contributed by atoms with Crippen molar-refractivity contribution >= 4 is 29.5 Å². The van der Waals surface area contributed by atoms with E-state index in [9.17, 15) is 18.0 Å². The highest BCUT2D eigenvalue weighted by atomic mass is 32.2. The fraction of sp³-hybridized carbons (Fsp3) is 0.412. The molecule has 1 aromatic carbocycles. The van der Waals surface area contributed by atoms with Crippen molar-refractivity contribution in [2.24, 2.45) is 0 Å². The summed E-state index contributed by atoms with van der Waals surface area (Å²) < 4.78 is 32.4. The van der Waals surface area contributed by atoms with Crippen LogP contribution >= 0.6 is 0 Å². The number of hydrogen-bond acceptors (Lipinski definition) is 5. The molecular weight excluding hydrogens is 358 g/mol. The van der Waals surface area contributed by atoms with Crippen LogP contribution in [0.3, 0.4) is 0 Å². The third kappa shape index (κ3) is 5.62. The Balaban J connectivity index is 3.21. The van der Waals surface area contributed by atoms with Gasteiger partial charge < -0.3 is 9.53 Å². The summed E-state index contributed by atoms with van der Waals surface area (Å²) in [5.41, 5.74) is 0.813. The van der Waals surface area contributed by atoms with Crippen LogP contribution in [0.4, 0.5) is 0 Å². The number of ether oxygens (including phenoxy) is 1. The second kappa shape index (κ2) is 8.07. The molecule has 0 spiro atoms. The van der Waals surface area contributed by atoms with Crippen molar-refractivity contribution in [3.05, 3.63) is 42.0 Å². The Morgan fingerprint density at radius 3 is 2.16 bits per heavy atom. The average Bonchev–Trinajstić information content (AvgIpc) is 2.51. The first-order valence-electron chi connectivity index (χ1n) is 7.89. The molecule has 0 saturated carbocycles. The van der Waals surface area contributed by atoms with Crippen LogP contribution in [-0.4, -0.2) is 40.5 Å². The Morgan fingerprint density at radius 2 is 1.72 bits per heavy atom. The van der Waals surface area contributed by atoms with Gasteiger partial charge in [-0.15, -0.1) is 0 Å². The van der Waals surface area contributed by atoms with Crippen LogP contribution in [0.5, 0.6) is 0 Å². The number of benzene rings is 1. The number of carbonyl (C=O) groups is 2. The molecule has 1 N–H and O–H groups in total. The van der Waals surface area contributed by atoms with Gasteiger partial charge in [-0.2, -0.15) is 4.72 Å². The maximum absolute atomic E-state index is 12.6. The SMILES string of the molecule is C=C(C(=O)[Si](C)(C)C)C(NS(=O)(=O)c1ccc(C)cc1)C(=O)OCC. The van der Waals surface area contributed by atoms with Crippen LogP contribution in [0.25, 0.3) is 0 Å². The van der Waals surface area contributed by atoms with Gasteiger partial charge in [0.15, 0.2) is 0 Å². The molecular formula is C17H25NO5SSi. The first-order chi connectivity index (χ1) is 11.4. The number of sulfonamides is 1. The second-order valence-corrected chi connectivity index (χ2v) is 13.4. The highest BCUT2D eigenvalue weighted by Gasteiger charge is 2.36. The number of carbonyl (C=O) groups excluding carboxylic acids is 2. The maximum atomic E-state index is 12.6. The first kappa shape index (κ1) is 21.3. The topological polar surface area (TPSA) is 89.5 Å². The molecule has 0 fully saturated rings. The lowest BCUT2D eigenvalue weighted by Gasteiger charge is -2.23. The van der Waals surface area contributed by atoms with E-state index < -0.39 is 30.1 Å². The number of rotatable bonds is 8. The lowest BCUT2D eigenvalue weighted by atomic mass is 10.1. The second-order valence-electron chi connectivity index (χ2n) is 6.72. The quantitative estimate of drug-likeness (QED) is 0.422. The lowest BCUT2D eigenvalue weighted by Crippen LogP contribution is -2.48. The summed E-state index contributed by atoms with van der Waals surface area (Å²) in [6, 6.07) is 4.73. The molecule has 1 atom stereocenters. The zero-order chi connectivity index (χ0) is 19.4. The molecule has 0 aliphatic rings. The molecule has 0 bridgehead atoms. The minimum atomic E-state index is -4.01. The van der Waals surface area contributed by atoms with Gasteiger partial charge in [-0.3, -0.25) is 0 Å². The van der Waals surface area contributed by atoms with E-state index in [1.54, 1.807) is 38.7 Å². The monoisotopic (exact) mass is 383 g/mol. The Morgan fingerprint density at radius 1 is 1.20 bits per heavy atom. The summed E-state index contributed by atoms with van der Waals surface area (Å²) in [5, 5.41) is -0.280. The van der Waals surface area contributed by atoms with Gasteiger partial charge in [0.05, 0.1) is 11.5 Å². The molecule has 6 nitrogen and oxygen atoms in total. The number of nitrogens with one attached hydrogen (secondary N) is 1. The summed E-state index contributed by atoms with van der Waals surface area (Å²) in [7, 11) is -6.31. The van der Waals surface area contributed by atoms with Crippen molar-refractivity contribution < 1.29 is 22.7 Å². The molecule has 1 aromatic rings. The molecule has 0 saturated heterocycles. The van der Waals surface area contributed by atoms with Crippen molar-refractivity contribution in [2.45, 2.75) is 44.4 Å². The first-order valence-corrected chi connectivity index (χ1v) is 12.9. The molecule has 1 unspecified atom stereocenters. The van der Waals surface area contributed by atoms with Crippen molar-refractivity contribution in [1.82, 2.24) is 4.72 Å². The smallest absolute Gasteiger partial charge is 0.328 e. The van der Waals surface area contributed by atoms with Crippen LogP contribution < -0.4 is 4.72 Å². The van der Waals surface area contributed by atoms with Crippen LogP contribution in [0.2, 0.25) is 19.6 Å². The normalized spacial score (nSPS) is 13.2. The zero-order valence-corrected chi connectivity index (χ0v) is 17.1. The van der Waals surface area contributed by atoms with Gasteiger partial charge in [-0.25, -0.2) is 13.2 Å². The van der Waals surface area contributed by atoms with E-state index in [2.05, 4.69) is 11.3 Å². The van der Waals surface area contributed by atoms with Crippen molar-refractivity contribution in [3.8, 4) is 0 Å². The van der Waals surface area contributed by atoms with Crippen molar-refractivity contribution in [1.29, 1.82) is 0 Å². The summed E-state index contributed by atoms with van der Waals surface area (Å²) in [6.45, 7) is 12.6. The predicted octanol–water partition coefficient (Wildman–Crippen LogP) is 2.21. The van der Waals surface area contributed by atoms with Gasteiger partial charge in [-0.1, -0.05) is 43.9 Å². The maximum Gasteiger partial charge on any atom is 0.328 e. The van der Waals surface area contributed by atoms with Crippen molar-refractivity contribution in [2.75, 3.05) is 6.61 Å². The lowest BCUT2D eigenvalue weighted by molar-refractivity contribution is -0.144. The van der Waals surface area contributed by atoms with E-state index in [-0.39, 0.29) is 22.5 Å². The molecule has 0 aliphatic heterocycles. The fourth-order valence-electron chi connectivity index (χ4n) is 2.04. The molecule has 25 heavy (non-hydrogen) atoms. The van der Waals surface area contributed by atoms with Crippen molar-refractivity contribution in [3.63, 3.8) is 0 Å². The number of aryl methyl sites for hydroxylation is 1. The Bertz CT molecular complexity index is 763. The predicted molar refractivity (Wildman–Crippen MR) is 99.4 cm³/mol. The van der Waals surface area contributed by atoms with Crippen LogP contribution in [-0.2, 0) is 24.3 Å². The Hall–Kier alpha value is -1.77. The van der Waals surface area contributed by atoms with Crippen LogP contribution in [0, 0.1) is 6.92 Å². The number of esters is 1. The van der Waals surface area contributed by atoms with E-state index >= 15 is 0 Å². The van der Waals surface area contributed by atoms with Gasteiger partial charge in [0.1, 0.15) is 19.5 Å². The molecule has 0 aliphatic carbocycles. The van der Waals surface area contributed by atoms with Crippen LogP contribution in [0.1, 0.15) is 12.5 Å². The van der Waals surface area contributed by atoms with Gasteiger partial charge in [-0.05, 0) is 26.0 Å². The summed E-state index contributed by atoms with van der Waals surface area (Å²) in [4.78, 5) is 24.7. The largest absolute Gasteiger partial charge is 0.465 e. The zero-order valence-electron chi connectivity index (χ0n) is 15.3. The van der Waals surface area contributed by atoms with E-state index in [0.29, 0.717) is 0 Å². The standard InChI is InChI=1S/C17H25NO5SSi/c1-7-23-16(19)15(13(3)17(20)25(4,5)6)18-24(21,22)14-10-8-12(2)9-11-14/h8-11,15,18H,3,7H2,1-2,4-6H3. The van der Waals surface area contributed by atoms with E-state index in [1.807, 2.05) is 6.92 Å². The molecule has 8 heteroatoms. The number of hydrogen-bond donors (Lipinski definition) is 1. The van der Waals surface area contributed by atoms with E-state index in [4.69, 9.17) is 4.74 Å². The Kier molecular flexibility index (Phi) is 6.87. The Labute approximate surface area is 150 Å². The summed E-state index contributed by atoms with van der Waals surface area (Å²) >= 11 is 0. The third-order valence-electron chi connectivity index (χ3n) is 3.45. The molecule has 1 rings (SSSR count). The van der Waals surface area contributed by atoms with Gasteiger partial charge in [0.25, 0.3) is 0 Å². The average molecular weight is 384 g/mol. The molecule has 0 radical (unpaired) electrons. The van der Waals surface area contributed by atoms with E-state index in [0.717, 1.165) is 5.56 Å².